The summed E-state index contributed by atoms with van der Waals surface area (Å²) in [4.78, 5) is 182. The summed E-state index contributed by atoms with van der Waals surface area (Å²) < 4.78 is 22.9. The van der Waals surface area contributed by atoms with Crippen molar-refractivity contribution in [2.45, 2.75) is 239 Å². The van der Waals surface area contributed by atoms with Crippen LogP contribution in [0.4, 0.5) is 15.3 Å². The number of likely N-dealkylation sites (tertiary alicyclic amines) is 1. The molecule has 3 aromatic rings. The van der Waals surface area contributed by atoms with Gasteiger partial charge in [-0.05, 0) is 137 Å². The Bertz CT molecular complexity index is 3800. The number of imide groups is 1. The number of hydrazone groups is 1. The average molecular weight is 1660 g/mol. The number of aliphatic hydroxyl groups excluding tert-OH is 1. The van der Waals surface area contributed by atoms with Gasteiger partial charge in [-0.1, -0.05) is 133 Å². The van der Waals surface area contributed by atoms with Crippen LogP contribution in [0.1, 0.15) is 190 Å². The molecule has 34 heteroatoms. The summed E-state index contributed by atoms with van der Waals surface area (Å²) in [6, 6.07) is 15.5. The van der Waals surface area contributed by atoms with Crippen LogP contribution in [0.2, 0.25) is 0 Å². The third kappa shape index (κ3) is 30.3. The molecule has 0 saturated carbocycles. The molecule has 2 aliphatic rings. The van der Waals surface area contributed by atoms with Gasteiger partial charge in [0.2, 0.25) is 47.3 Å². The lowest BCUT2D eigenvalue weighted by atomic mass is 9.89. The molecule has 3 aromatic carbocycles. The summed E-state index contributed by atoms with van der Waals surface area (Å²) in [6.45, 7) is 24.0. The van der Waals surface area contributed by atoms with Crippen molar-refractivity contribution < 1.29 is 91.2 Å². The number of amides is 13. The van der Waals surface area contributed by atoms with Gasteiger partial charge in [0.1, 0.15) is 36.5 Å². The van der Waals surface area contributed by atoms with Crippen LogP contribution in [0.3, 0.4) is 0 Å². The van der Waals surface area contributed by atoms with Gasteiger partial charge >= 0.3 is 18.1 Å². The van der Waals surface area contributed by atoms with Gasteiger partial charge in [-0.15, -0.1) is 5.06 Å². The molecule has 5 rings (SSSR count). The van der Waals surface area contributed by atoms with E-state index >= 15 is 0 Å². The summed E-state index contributed by atoms with van der Waals surface area (Å²) in [5, 5.41) is 32.5. The fourth-order valence-corrected chi connectivity index (χ4v) is 16.2. The van der Waals surface area contributed by atoms with Crippen molar-refractivity contribution in [3.8, 4) is 5.75 Å². The Hall–Kier alpha value is -9.38. The van der Waals surface area contributed by atoms with Crippen LogP contribution < -0.4 is 47.8 Å². The lowest BCUT2D eigenvalue weighted by Gasteiger charge is -2.41. The predicted molar refractivity (Wildman–Crippen MR) is 441 cm³/mol. The number of nitrogens with one attached hydrogen (secondary N) is 7. The highest BCUT2D eigenvalue weighted by atomic mass is 33.1. The van der Waals surface area contributed by atoms with E-state index in [4.69, 9.17) is 29.5 Å². The van der Waals surface area contributed by atoms with Gasteiger partial charge in [-0.3, -0.25) is 52.8 Å². The monoisotopic (exact) mass is 1660 g/mol. The first-order valence-electron chi connectivity index (χ1n) is 39.6. The number of urea groups is 1. The number of aliphatic hydroxyl groups is 1. The first-order valence-corrected chi connectivity index (χ1v) is 42.0. The van der Waals surface area contributed by atoms with Crippen molar-refractivity contribution in [1.82, 2.24) is 51.8 Å². The van der Waals surface area contributed by atoms with Gasteiger partial charge < -0.3 is 76.3 Å². The zero-order valence-corrected chi connectivity index (χ0v) is 71.7. The van der Waals surface area contributed by atoms with E-state index in [-0.39, 0.29) is 101 Å². The maximum absolute atomic E-state index is 14.9. The fourth-order valence-electron chi connectivity index (χ4n) is 13.7. The lowest BCUT2D eigenvalue weighted by Crippen LogP contribution is -2.60. The molecule has 10 N–H and O–H groups in total. The molecule has 0 aromatic heterocycles. The molecule has 2 fully saturated rings. The van der Waals surface area contributed by atoms with E-state index in [1.165, 1.54) is 47.8 Å². The summed E-state index contributed by atoms with van der Waals surface area (Å²) in [6.07, 6.45) is -0.850. The maximum Gasteiger partial charge on any atom is 0.410 e. The first kappa shape index (κ1) is 97.2. The van der Waals surface area contributed by atoms with E-state index in [2.05, 4.69) is 42.4 Å². The first-order chi connectivity index (χ1) is 54.8. The Balaban J connectivity index is 1.11. The molecule has 13 amide bonds. The van der Waals surface area contributed by atoms with Crippen molar-refractivity contribution in [2.24, 2.45) is 40.4 Å². The van der Waals surface area contributed by atoms with Crippen molar-refractivity contribution in [3.63, 3.8) is 0 Å². The second-order valence-electron chi connectivity index (χ2n) is 31.1. The zero-order valence-electron chi connectivity index (χ0n) is 70.1. The number of hydrogen-bond acceptors (Lipinski definition) is 22. The number of nitrogens with zero attached hydrogens (tertiary/aromatic N) is 5. The van der Waals surface area contributed by atoms with Crippen LogP contribution in [0.15, 0.2) is 84.0 Å². The Morgan fingerprint density at radius 1 is 0.733 bits per heavy atom. The van der Waals surface area contributed by atoms with Crippen LogP contribution >= 0.6 is 21.6 Å². The van der Waals surface area contributed by atoms with E-state index < -0.39 is 148 Å². The van der Waals surface area contributed by atoms with Crippen LogP contribution in [0, 0.1) is 29.6 Å². The van der Waals surface area contributed by atoms with E-state index in [0.29, 0.717) is 70.5 Å². The van der Waals surface area contributed by atoms with Gasteiger partial charge in [-0.25, -0.2) is 19.8 Å². The van der Waals surface area contributed by atoms with E-state index in [9.17, 15) is 67.4 Å². The minimum atomic E-state index is -1.15. The Kier molecular flexibility index (Phi) is 40.0. The summed E-state index contributed by atoms with van der Waals surface area (Å²) in [5.41, 5.74) is 10.6. The van der Waals surface area contributed by atoms with Crippen LogP contribution in [-0.4, -0.2) is 221 Å². The standard InChI is InChI=1S/C82H123N13O19S2/c1-18-51(8)72(62(110-16)45-67(100)94-42-23-28-61(94)74(111-17)52(9)75(103)85-54(11)73(102)57-25-20-19-21-26-57)92(14)79(107)70(49(4)5)89-78(106)71(50(6)7)93(15)81(109)113-47-55-30-34-58(35-31-55)86-76(104)60(27-22-41-84-80(83)108)87-77(105)69(48(2)3)88-63(96)40-44-115-116-82(12,13)46-64(97)91-90-53(10)56-32-36-59(37-33-56)112-43-24-29-68(101)114-95-65(98)38-39-66(95)99/h19-21,25-26,30-37,48-52,54,60-62,69-74,102H,18,22-24,27-29,38-47H2,1-17H3,(H,85,103)(H,86,104)(H,87,105)(H,88,96)(H,89,106)(H,91,97)(H3,83,84,108)/b90-53+/t51-,52+,54+,60-,61-,62+,69-,70-,71-,72-,73+,74+/m0/s1. The molecule has 642 valence electrons. The number of carbonyl (C=O) groups is 13. The average Bonchev–Trinajstić information content (AvgIpc) is 1.81. The van der Waals surface area contributed by atoms with Crippen molar-refractivity contribution in [1.29, 1.82) is 0 Å². The minimum Gasteiger partial charge on any atom is -0.494 e. The molecule has 2 saturated heterocycles. The number of hydrogen-bond donors (Lipinski definition) is 9. The molecule has 0 bridgehead atoms. The lowest BCUT2D eigenvalue weighted by molar-refractivity contribution is -0.197. The fraction of sp³-hybridized carbons (Fsp3) is 0.610. The van der Waals surface area contributed by atoms with Gasteiger partial charge in [-0.2, -0.15) is 5.10 Å². The van der Waals surface area contributed by atoms with Gasteiger partial charge in [0.15, 0.2) is 0 Å². The number of ether oxygens (including phenoxy) is 4. The predicted octanol–water partition coefficient (Wildman–Crippen LogP) is 7.84. The third-order valence-corrected chi connectivity index (χ3v) is 23.7. The van der Waals surface area contributed by atoms with Gasteiger partial charge in [0.25, 0.3) is 11.8 Å². The molecular formula is C82H123N13O19S2. The molecule has 0 aliphatic carbocycles. The molecule has 0 radical (unpaired) electrons. The molecule has 0 spiro atoms. The SMILES string of the molecule is CC[C@H](C)[C@@H]([C@@H](CC(=O)N1CCC[C@H]1[C@H](OC)[C@@H](C)C(=O)N[C@H](C)[C@@H](O)c1ccccc1)OC)N(C)C(=O)[C@@H](NC(=O)[C@H](C(C)C)N(C)C(=O)OCc1ccc(NC(=O)[C@H](CCCNC(N)=O)NC(=O)[C@@H](NC(=O)CCSSC(C)(C)CC(=O)N/N=C(\C)c2ccc(OCCCC(=O)ON3C(=O)CCC3=O)cc2)C(C)C)cc1)C(C)C. The number of benzene rings is 3. The largest absolute Gasteiger partial charge is 0.494 e. The highest BCUT2D eigenvalue weighted by Gasteiger charge is 2.45. The highest BCUT2D eigenvalue weighted by molar-refractivity contribution is 8.77. The molecule has 2 heterocycles. The van der Waals surface area contributed by atoms with Gasteiger partial charge in [0.05, 0.1) is 67.5 Å². The number of anilines is 1. The van der Waals surface area contributed by atoms with Crippen LogP contribution in [0.25, 0.3) is 0 Å². The Morgan fingerprint density at radius 3 is 1.97 bits per heavy atom. The number of nitrogens with two attached hydrogens (primary N) is 1. The van der Waals surface area contributed by atoms with E-state index in [1.807, 2.05) is 45.9 Å². The molecule has 12 atom stereocenters. The molecular weight excluding hydrogens is 1540 g/mol. The third-order valence-electron chi connectivity index (χ3n) is 20.4. The number of carbonyl (C=O) groups excluding carboxylic acids is 13. The van der Waals surface area contributed by atoms with Crippen LogP contribution in [-0.2, 0) is 78.4 Å². The van der Waals surface area contributed by atoms with E-state index in [0.717, 1.165) is 0 Å². The number of likely N-dealkylation sites (N-methyl/N-ethyl adjacent to an activating group) is 2. The number of primary amides is 1. The number of methoxy groups -OCH3 is 2. The van der Waals surface area contributed by atoms with Crippen LogP contribution in [0.5, 0.6) is 5.75 Å². The molecule has 116 heavy (non-hydrogen) atoms. The quantitative estimate of drug-likeness (QED) is 0.00854. The Morgan fingerprint density at radius 2 is 1.38 bits per heavy atom. The number of rotatable bonds is 47. The Labute approximate surface area is 689 Å². The summed E-state index contributed by atoms with van der Waals surface area (Å²) in [7, 11) is 8.86. The highest BCUT2D eigenvalue weighted by Crippen LogP contribution is 2.39. The maximum atomic E-state index is 14.9. The molecule has 0 unspecified atom stereocenters. The minimum absolute atomic E-state index is 0.00883. The van der Waals surface area contributed by atoms with Gasteiger partial charge in [0, 0.05) is 83.3 Å². The normalized spacial score (nSPS) is 16.6. The van der Waals surface area contributed by atoms with E-state index in [1.54, 1.807) is 140 Å². The zero-order chi connectivity index (χ0) is 86.3. The smallest absolute Gasteiger partial charge is 0.410 e. The summed E-state index contributed by atoms with van der Waals surface area (Å²) in [5.74, 6) is -6.76. The van der Waals surface area contributed by atoms with Crippen molar-refractivity contribution in [3.05, 3.63) is 95.6 Å². The summed E-state index contributed by atoms with van der Waals surface area (Å²) >= 11 is 0. The van der Waals surface area contributed by atoms with Crippen molar-refractivity contribution >= 4 is 110 Å². The molecule has 2 aliphatic heterocycles. The second kappa shape index (κ2) is 47.7. The molecule has 32 nitrogen and oxygen atoms in total. The topological polar surface area (TPSA) is 424 Å². The second-order valence-corrected chi connectivity index (χ2v) is 34.3. The number of hydroxylamine groups is 2. The van der Waals surface area contributed by atoms with Crippen molar-refractivity contribution in [2.75, 3.05) is 59.1 Å².